The van der Waals surface area contributed by atoms with Gasteiger partial charge in [0.05, 0.1) is 0 Å². The summed E-state index contributed by atoms with van der Waals surface area (Å²) < 4.78 is 26.0. The molecule has 104 valence electrons. The van der Waals surface area contributed by atoms with Crippen LogP contribution in [0.4, 0.5) is 8.78 Å². The molecule has 1 fully saturated rings. The summed E-state index contributed by atoms with van der Waals surface area (Å²) in [5, 5.41) is 0. The number of halogens is 2. The molecule has 0 aromatic heterocycles. The molecule has 0 bridgehead atoms. The lowest BCUT2D eigenvalue weighted by Crippen LogP contribution is -2.56. The number of carbonyl (C=O) groups is 1. The van der Waals surface area contributed by atoms with Crippen molar-refractivity contribution in [2.24, 2.45) is 0 Å². The predicted octanol–water partition coefficient (Wildman–Crippen LogP) is 2.13. The minimum atomic E-state index is -0.985. The Balaban J connectivity index is 2.17. The third-order valence-corrected chi connectivity index (χ3v) is 3.81. The molecule has 0 radical (unpaired) electrons. The van der Waals surface area contributed by atoms with Crippen LogP contribution in [0, 0.1) is 11.6 Å². The highest BCUT2D eigenvalue weighted by Gasteiger charge is 2.29. The zero-order valence-electron chi connectivity index (χ0n) is 11.4. The molecule has 1 saturated heterocycles. The maximum absolute atomic E-state index is 13.2. The van der Waals surface area contributed by atoms with Crippen molar-refractivity contribution < 1.29 is 13.6 Å². The molecule has 1 aromatic rings. The van der Waals surface area contributed by atoms with Crippen LogP contribution in [-0.4, -0.2) is 47.9 Å². The Morgan fingerprint density at radius 3 is 2.26 bits per heavy atom. The fraction of sp³-hybridized carbons (Fsp3) is 0.500. The van der Waals surface area contributed by atoms with Gasteiger partial charge in [0.25, 0.3) is 5.91 Å². The Kier molecular flexibility index (Phi) is 3.85. The summed E-state index contributed by atoms with van der Waals surface area (Å²) >= 11 is 0. The Bertz CT molecular complexity index is 480. The van der Waals surface area contributed by atoms with Crippen LogP contribution in [0.15, 0.2) is 18.2 Å². The average Bonchev–Trinajstić information content (AvgIpc) is 2.37. The van der Waals surface area contributed by atoms with Crippen LogP contribution in [-0.2, 0) is 0 Å². The first-order valence-electron chi connectivity index (χ1n) is 6.36. The van der Waals surface area contributed by atoms with Crippen molar-refractivity contribution in [3.8, 4) is 0 Å². The highest BCUT2D eigenvalue weighted by atomic mass is 19.2. The van der Waals surface area contributed by atoms with Gasteiger partial charge in [-0.25, -0.2) is 8.78 Å². The van der Waals surface area contributed by atoms with Crippen molar-refractivity contribution in [1.29, 1.82) is 0 Å². The number of rotatable bonds is 1. The molecule has 2 unspecified atom stereocenters. The normalized spacial score (nSPS) is 24.6. The zero-order valence-corrected chi connectivity index (χ0v) is 11.4. The molecule has 1 aliphatic heterocycles. The van der Waals surface area contributed by atoms with Crippen LogP contribution in [0.1, 0.15) is 24.2 Å². The van der Waals surface area contributed by atoms with Crippen molar-refractivity contribution in [2.75, 3.05) is 20.1 Å². The zero-order chi connectivity index (χ0) is 14.2. The van der Waals surface area contributed by atoms with Gasteiger partial charge in [-0.1, -0.05) is 0 Å². The van der Waals surface area contributed by atoms with Crippen molar-refractivity contribution >= 4 is 5.91 Å². The van der Waals surface area contributed by atoms with Gasteiger partial charge >= 0.3 is 0 Å². The van der Waals surface area contributed by atoms with Crippen LogP contribution in [0.5, 0.6) is 0 Å². The van der Waals surface area contributed by atoms with Crippen molar-refractivity contribution in [3.05, 3.63) is 35.4 Å². The summed E-state index contributed by atoms with van der Waals surface area (Å²) in [6, 6.07) is 3.78. The second kappa shape index (κ2) is 5.25. The maximum Gasteiger partial charge on any atom is 0.254 e. The smallest absolute Gasteiger partial charge is 0.254 e. The van der Waals surface area contributed by atoms with E-state index >= 15 is 0 Å². The van der Waals surface area contributed by atoms with Gasteiger partial charge in [-0.3, -0.25) is 9.69 Å². The minimum Gasteiger partial charge on any atom is -0.336 e. The number of likely N-dealkylation sites (N-methyl/N-ethyl adjacent to an activating group) is 1. The molecule has 1 heterocycles. The van der Waals surface area contributed by atoms with Crippen LogP contribution >= 0.6 is 0 Å². The number of nitrogens with zero attached hydrogens (tertiary/aromatic N) is 2. The van der Waals surface area contributed by atoms with Gasteiger partial charge in [-0.2, -0.15) is 0 Å². The first-order chi connectivity index (χ1) is 8.90. The third-order valence-electron chi connectivity index (χ3n) is 3.81. The van der Waals surface area contributed by atoms with E-state index in [1.165, 1.54) is 6.07 Å². The molecular weight excluding hydrogens is 250 g/mol. The van der Waals surface area contributed by atoms with Crippen LogP contribution < -0.4 is 0 Å². The molecule has 2 rings (SSSR count). The highest BCUT2D eigenvalue weighted by molar-refractivity contribution is 5.94. The molecule has 1 aliphatic rings. The second-order valence-electron chi connectivity index (χ2n) is 5.20. The van der Waals surface area contributed by atoms with Crippen molar-refractivity contribution in [3.63, 3.8) is 0 Å². The summed E-state index contributed by atoms with van der Waals surface area (Å²) in [6.07, 6.45) is 0. The lowest BCUT2D eigenvalue weighted by atomic mass is 10.1. The summed E-state index contributed by atoms with van der Waals surface area (Å²) in [5.74, 6) is -2.16. The van der Waals surface area contributed by atoms with Gasteiger partial charge in [0.1, 0.15) is 0 Å². The van der Waals surface area contributed by atoms with E-state index in [4.69, 9.17) is 0 Å². The average molecular weight is 268 g/mol. The SMILES string of the molecule is CC1CN(C(=O)c2ccc(F)c(F)c2)CC(C)N1C. The van der Waals surface area contributed by atoms with E-state index in [1.54, 1.807) is 4.90 Å². The van der Waals surface area contributed by atoms with E-state index in [0.29, 0.717) is 13.1 Å². The number of carbonyl (C=O) groups excluding carboxylic acids is 1. The van der Waals surface area contributed by atoms with E-state index in [2.05, 4.69) is 4.90 Å². The molecule has 2 atom stereocenters. The first-order valence-corrected chi connectivity index (χ1v) is 6.36. The Morgan fingerprint density at radius 1 is 1.16 bits per heavy atom. The minimum absolute atomic E-state index is 0.197. The molecule has 0 N–H and O–H groups in total. The molecule has 0 spiro atoms. The summed E-state index contributed by atoms with van der Waals surface area (Å²) in [7, 11) is 2.02. The fourth-order valence-corrected chi connectivity index (χ4v) is 2.38. The van der Waals surface area contributed by atoms with Crippen LogP contribution in [0.2, 0.25) is 0 Å². The van der Waals surface area contributed by atoms with Crippen LogP contribution in [0.3, 0.4) is 0 Å². The molecule has 5 heteroatoms. The molecule has 0 saturated carbocycles. The van der Waals surface area contributed by atoms with E-state index in [-0.39, 0.29) is 23.6 Å². The predicted molar refractivity (Wildman–Crippen MR) is 68.9 cm³/mol. The Labute approximate surface area is 111 Å². The highest BCUT2D eigenvalue weighted by Crippen LogP contribution is 2.17. The van der Waals surface area contributed by atoms with Gasteiger partial charge in [0.15, 0.2) is 11.6 Å². The van der Waals surface area contributed by atoms with Crippen molar-refractivity contribution in [1.82, 2.24) is 9.80 Å². The quantitative estimate of drug-likeness (QED) is 0.779. The molecule has 19 heavy (non-hydrogen) atoms. The van der Waals surface area contributed by atoms with E-state index in [0.717, 1.165) is 12.1 Å². The second-order valence-corrected chi connectivity index (χ2v) is 5.20. The molecule has 0 aliphatic carbocycles. The van der Waals surface area contributed by atoms with E-state index in [1.807, 2.05) is 20.9 Å². The lowest BCUT2D eigenvalue weighted by molar-refractivity contribution is 0.0414. The molecular formula is C14H18F2N2O. The van der Waals surface area contributed by atoms with Gasteiger partial charge in [0, 0.05) is 30.7 Å². The Hall–Kier alpha value is -1.49. The van der Waals surface area contributed by atoms with Gasteiger partial charge in [-0.15, -0.1) is 0 Å². The summed E-state index contributed by atoms with van der Waals surface area (Å²) in [6.45, 7) is 5.28. The van der Waals surface area contributed by atoms with Crippen molar-refractivity contribution in [2.45, 2.75) is 25.9 Å². The maximum atomic E-state index is 13.2. The molecule has 1 aromatic carbocycles. The number of piperazine rings is 1. The standard InChI is InChI=1S/C14H18F2N2O/c1-9-7-18(8-10(2)17(9)3)14(19)11-4-5-12(15)13(16)6-11/h4-6,9-10H,7-8H2,1-3H3. The summed E-state index contributed by atoms with van der Waals surface area (Å²) in [4.78, 5) is 16.2. The number of hydrogen-bond donors (Lipinski definition) is 0. The third kappa shape index (κ3) is 2.76. The fourth-order valence-electron chi connectivity index (χ4n) is 2.38. The van der Waals surface area contributed by atoms with Gasteiger partial charge < -0.3 is 4.90 Å². The van der Waals surface area contributed by atoms with Gasteiger partial charge in [0.2, 0.25) is 0 Å². The lowest BCUT2D eigenvalue weighted by Gasteiger charge is -2.42. The monoisotopic (exact) mass is 268 g/mol. The molecule has 1 amide bonds. The summed E-state index contributed by atoms with van der Waals surface area (Å²) in [5.41, 5.74) is 0.197. The topological polar surface area (TPSA) is 23.6 Å². The van der Waals surface area contributed by atoms with E-state index < -0.39 is 11.6 Å². The van der Waals surface area contributed by atoms with E-state index in [9.17, 15) is 13.6 Å². The van der Waals surface area contributed by atoms with Gasteiger partial charge in [-0.05, 0) is 39.1 Å². The number of hydrogen-bond acceptors (Lipinski definition) is 2. The number of amides is 1. The number of benzene rings is 1. The molecule has 3 nitrogen and oxygen atoms in total. The Morgan fingerprint density at radius 2 is 1.74 bits per heavy atom. The van der Waals surface area contributed by atoms with Crippen LogP contribution in [0.25, 0.3) is 0 Å². The largest absolute Gasteiger partial charge is 0.336 e. The first kappa shape index (κ1) is 13.9.